The molecule has 9 heteroatoms. The number of hydrogen-bond donors (Lipinski definition) is 1. The fourth-order valence-corrected chi connectivity index (χ4v) is 4.29. The van der Waals surface area contributed by atoms with Crippen LogP contribution in [-0.4, -0.2) is 54.9 Å². The van der Waals surface area contributed by atoms with Crippen LogP contribution in [0.25, 0.3) is 0 Å². The van der Waals surface area contributed by atoms with Crippen molar-refractivity contribution in [3.63, 3.8) is 0 Å². The number of ether oxygens (including phenoxy) is 2. The van der Waals surface area contributed by atoms with Crippen molar-refractivity contribution in [1.82, 2.24) is 10.2 Å². The summed E-state index contributed by atoms with van der Waals surface area (Å²) in [6, 6.07) is 11.3. The predicted octanol–water partition coefficient (Wildman–Crippen LogP) is 3.15. The molecule has 2 amide bonds. The third-order valence-corrected chi connectivity index (χ3v) is 5.97. The second-order valence-electron chi connectivity index (χ2n) is 6.78. The van der Waals surface area contributed by atoms with Crippen molar-refractivity contribution < 1.29 is 23.5 Å². The van der Waals surface area contributed by atoms with Crippen LogP contribution in [0.1, 0.15) is 12.0 Å². The fraction of sp³-hybridized carbons (Fsp3) is 0.318. The molecule has 1 aliphatic rings. The van der Waals surface area contributed by atoms with Gasteiger partial charge in [-0.15, -0.1) is 0 Å². The largest absolute Gasteiger partial charge is 0.493 e. The average Bonchev–Trinajstić information content (AvgIpc) is 3.07. The average molecular weight is 446 g/mol. The van der Waals surface area contributed by atoms with Crippen molar-refractivity contribution in [2.45, 2.75) is 18.1 Å². The highest BCUT2D eigenvalue weighted by Gasteiger charge is 2.38. The van der Waals surface area contributed by atoms with Gasteiger partial charge in [-0.25, -0.2) is 9.38 Å². The lowest BCUT2D eigenvalue weighted by atomic mass is 10.1. The van der Waals surface area contributed by atoms with Gasteiger partial charge in [0.15, 0.2) is 16.7 Å². The number of halogens is 1. The monoisotopic (exact) mass is 445 g/mol. The number of thioether (sulfide) groups is 1. The van der Waals surface area contributed by atoms with E-state index in [-0.39, 0.29) is 24.1 Å². The van der Waals surface area contributed by atoms with E-state index in [1.807, 2.05) is 18.2 Å². The van der Waals surface area contributed by atoms with Crippen LogP contribution in [0.5, 0.6) is 11.5 Å². The summed E-state index contributed by atoms with van der Waals surface area (Å²) in [6.07, 6.45) is 0.622. The van der Waals surface area contributed by atoms with Gasteiger partial charge in [-0.05, 0) is 48.4 Å². The Morgan fingerprint density at radius 3 is 2.52 bits per heavy atom. The SMILES string of the molecule is CNC(=O)C[C@H]1SC(=Nc2ccc(F)cc2)N(CCc2ccc(OC)c(OC)c2)C1=O. The second-order valence-corrected chi connectivity index (χ2v) is 7.95. The molecule has 164 valence electrons. The van der Waals surface area contributed by atoms with E-state index in [4.69, 9.17) is 9.47 Å². The van der Waals surface area contributed by atoms with Gasteiger partial charge < -0.3 is 14.8 Å². The smallest absolute Gasteiger partial charge is 0.242 e. The standard InChI is InChI=1S/C22H24FN3O4S/c1-24-20(27)13-19-21(28)26(22(31-19)25-16-7-5-15(23)6-8-16)11-10-14-4-9-17(29-2)18(12-14)30-3/h4-9,12,19H,10-11,13H2,1-3H3,(H,24,27)/t19-/m1/s1. The van der Waals surface area contributed by atoms with Gasteiger partial charge in [0.2, 0.25) is 11.8 Å². The first-order chi connectivity index (χ1) is 14.9. The lowest BCUT2D eigenvalue weighted by Gasteiger charge is -2.17. The van der Waals surface area contributed by atoms with Gasteiger partial charge in [0, 0.05) is 20.0 Å². The predicted molar refractivity (Wildman–Crippen MR) is 119 cm³/mol. The molecule has 2 aromatic carbocycles. The Morgan fingerprint density at radius 1 is 1.16 bits per heavy atom. The van der Waals surface area contributed by atoms with Crippen molar-refractivity contribution in [3.05, 3.63) is 53.8 Å². The van der Waals surface area contributed by atoms with E-state index in [0.29, 0.717) is 35.3 Å². The van der Waals surface area contributed by atoms with E-state index in [9.17, 15) is 14.0 Å². The van der Waals surface area contributed by atoms with Crippen molar-refractivity contribution in [2.75, 3.05) is 27.8 Å². The van der Waals surface area contributed by atoms with Crippen LogP contribution in [0.4, 0.5) is 10.1 Å². The maximum absolute atomic E-state index is 13.2. The number of aliphatic imine (C=N–C) groups is 1. The van der Waals surface area contributed by atoms with E-state index in [1.165, 1.54) is 30.9 Å². The number of nitrogens with one attached hydrogen (secondary N) is 1. The van der Waals surface area contributed by atoms with Gasteiger partial charge in [0.05, 0.1) is 19.9 Å². The van der Waals surface area contributed by atoms with Crippen molar-refractivity contribution in [1.29, 1.82) is 0 Å². The van der Waals surface area contributed by atoms with Gasteiger partial charge in [-0.1, -0.05) is 17.8 Å². The number of carbonyl (C=O) groups is 2. The minimum Gasteiger partial charge on any atom is -0.493 e. The molecule has 0 spiro atoms. The Kier molecular flexibility index (Phi) is 7.51. The molecule has 0 aliphatic carbocycles. The Labute approximate surface area is 184 Å². The van der Waals surface area contributed by atoms with Crippen LogP contribution < -0.4 is 14.8 Å². The number of nitrogens with zero attached hydrogens (tertiary/aromatic N) is 2. The zero-order chi connectivity index (χ0) is 22.4. The fourth-order valence-electron chi connectivity index (χ4n) is 3.10. The number of carbonyl (C=O) groups excluding carboxylic acids is 2. The van der Waals surface area contributed by atoms with E-state index in [0.717, 1.165) is 5.56 Å². The number of hydrogen-bond acceptors (Lipinski definition) is 6. The Bertz CT molecular complexity index is 981. The molecule has 1 saturated heterocycles. The molecule has 0 saturated carbocycles. The highest BCUT2D eigenvalue weighted by Crippen LogP contribution is 2.32. The molecular weight excluding hydrogens is 421 g/mol. The van der Waals surface area contributed by atoms with E-state index in [2.05, 4.69) is 10.3 Å². The maximum atomic E-state index is 13.2. The molecular formula is C22H24FN3O4S. The van der Waals surface area contributed by atoms with E-state index < -0.39 is 5.25 Å². The summed E-state index contributed by atoms with van der Waals surface area (Å²) in [5.74, 6) is 0.494. The lowest BCUT2D eigenvalue weighted by molar-refractivity contribution is -0.129. The topological polar surface area (TPSA) is 80.2 Å². The van der Waals surface area contributed by atoms with Gasteiger partial charge in [0.25, 0.3) is 0 Å². The highest BCUT2D eigenvalue weighted by atomic mass is 32.2. The molecule has 1 aliphatic heterocycles. The molecule has 1 N–H and O–H groups in total. The van der Waals surface area contributed by atoms with Crippen molar-refractivity contribution >= 4 is 34.4 Å². The zero-order valence-electron chi connectivity index (χ0n) is 17.6. The summed E-state index contributed by atoms with van der Waals surface area (Å²) in [5, 5.41) is 2.49. The van der Waals surface area contributed by atoms with Crippen LogP contribution in [0.15, 0.2) is 47.5 Å². The van der Waals surface area contributed by atoms with Crippen LogP contribution in [-0.2, 0) is 16.0 Å². The first-order valence-electron chi connectivity index (χ1n) is 9.69. The normalized spacial score (nSPS) is 17.2. The summed E-state index contributed by atoms with van der Waals surface area (Å²) >= 11 is 1.25. The van der Waals surface area contributed by atoms with E-state index >= 15 is 0 Å². The molecule has 1 atom stereocenters. The first-order valence-corrected chi connectivity index (χ1v) is 10.6. The summed E-state index contributed by atoms with van der Waals surface area (Å²) in [7, 11) is 4.68. The minimum absolute atomic E-state index is 0.0648. The maximum Gasteiger partial charge on any atom is 0.242 e. The van der Waals surface area contributed by atoms with Crippen molar-refractivity contribution in [2.24, 2.45) is 4.99 Å². The van der Waals surface area contributed by atoms with E-state index in [1.54, 1.807) is 31.3 Å². The van der Waals surface area contributed by atoms with Crippen LogP contribution in [0.3, 0.4) is 0 Å². The molecule has 0 unspecified atom stereocenters. The van der Waals surface area contributed by atoms with Gasteiger partial charge in [0.1, 0.15) is 11.1 Å². The molecule has 31 heavy (non-hydrogen) atoms. The molecule has 2 aromatic rings. The Hall–Kier alpha value is -3.07. The summed E-state index contributed by atoms with van der Waals surface area (Å²) in [6.45, 7) is 0.381. The van der Waals surface area contributed by atoms with Gasteiger partial charge >= 0.3 is 0 Å². The third kappa shape index (κ3) is 5.55. The van der Waals surface area contributed by atoms with Crippen LogP contribution in [0, 0.1) is 5.82 Å². The minimum atomic E-state index is -0.551. The Morgan fingerprint density at radius 2 is 1.87 bits per heavy atom. The molecule has 1 heterocycles. The van der Waals surface area contributed by atoms with Crippen LogP contribution >= 0.6 is 11.8 Å². The second kappa shape index (κ2) is 10.3. The molecule has 0 radical (unpaired) electrons. The number of amidine groups is 1. The molecule has 0 bridgehead atoms. The number of methoxy groups -OCH3 is 2. The molecule has 7 nitrogen and oxygen atoms in total. The van der Waals surface area contributed by atoms with Gasteiger partial charge in [-0.2, -0.15) is 0 Å². The number of amides is 2. The summed E-state index contributed by atoms with van der Waals surface area (Å²) in [4.78, 5) is 30.9. The number of rotatable bonds is 8. The summed E-state index contributed by atoms with van der Waals surface area (Å²) < 4.78 is 23.8. The lowest BCUT2D eigenvalue weighted by Crippen LogP contribution is -2.35. The van der Waals surface area contributed by atoms with Gasteiger partial charge in [-0.3, -0.25) is 14.5 Å². The summed E-state index contributed by atoms with van der Waals surface area (Å²) in [5.41, 5.74) is 1.50. The number of benzene rings is 2. The van der Waals surface area contributed by atoms with Crippen molar-refractivity contribution in [3.8, 4) is 11.5 Å². The molecule has 3 rings (SSSR count). The molecule has 0 aromatic heterocycles. The molecule has 1 fully saturated rings. The zero-order valence-corrected chi connectivity index (χ0v) is 18.4. The quantitative estimate of drug-likeness (QED) is 0.675. The van der Waals surface area contributed by atoms with Crippen LogP contribution in [0.2, 0.25) is 0 Å². The first kappa shape index (κ1) is 22.6. The Balaban J connectivity index is 1.82. The third-order valence-electron chi connectivity index (χ3n) is 4.79. The highest BCUT2D eigenvalue weighted by molar-refractivity contribution is 8.15.